The van der Waals surface area contributed by atoms with Gasteiger partial charge in [0.1, 0.15) is 4.90 Å². The van der Waals surface area contributed by atoms with Crippen molar-refractivity contribution in [2.24, 2.45) is 5.92 Å². The molecule has 1 aromatic heterocycles. The highest BCUT2D eigenvalue weighted by Gasteiger charge is 2.27. The van der Waals surface area contributed by atoms with Crippen LogP contribution in [0.15, 0.2) is 52.5 Å². The number of pyridine rings is 1. The van der Waals surface area contributed by atoms with Crippen LogP contribution in [-0.4, -0.2) is 48.2 Å². The van der Waals surface area contributed by atoms with Gasteiger partial charge in [0.2, 0.25) is 15.9 Å². The quantitative estimate of drug-likeness (QED) is 0.450. The molecule has 0 atom stereocenters. The van der Waals surface area contributed by atoms with E-state index < -0.39 is 10.0 Å². The van der Waals surface area contributed by atoms with E-state index in [1.165, 1.54) is 22.3 Å². The van der Waals surface area contributed by atoms with Gasteiger partial charge >= 0.3 is 0 Å². The fraction of sp³-hybridized carbons (Fsp3) is 0.409. The third-order valence-corrected chi connectivity index (χ3v) is 7.67. The van der Waals surface area contributed by atoms with Gasteiger partial charge in [-0.25, -0.2) is 13.4 Å². The maximum atomic E-state index is 12.5. The molecule has 166 valence electrons. The van der Waals surface area contributed by atoms with E-state index in [4.69, 9.17) is 0 Å². The summed E-state index contributed by atoms with van der Waals surface area (Å²) in [5, 5.41) is 3.41. The first-order chi connectivity index (χ1) is 14.8. The number of benzene rings is 1. The molecule has 1 aromatic carbocycles. The highest BCUT2D eigenvalue weighted by Crippen LogP contribution is 2.23. The average Bonchev–Trinajstić information content (AvgIpc) is 3.28. The van der Waals surface area contributed by atoms with Crippen LogP contribution in [0.3, 0.4) is 0 Å². The lowest BCUT2D eigenvalue weighted by molar-refractivity contribution is -0.116. The van der Waals surface area contributed by atoms with Crippen LogP contribution in [0.4, 0.5) is 5.69 Å². The van der Waals surface area contributed by atoms with Crippen molar-refractivity contribution >= 4 is 39.2 Å². The van der Waals surface area contributed by atoms with Crippen LogP contribution in [0.25, 0.3) is 0 Å². The number of aromatic nitrogens is 1. The molecule has 0 saturated carbocycles. The Labute approximate surface area is 187 Å². The van der Waals surface area contributed by atoms with E-state index in [9.17, 15) is 18.0 Å². The van der Waals surface area contributed by atoms with Gasteiger partial charge in [-0.2, -0.15) is 4.31 Å². The first-order valence-electron chi connectivity index (χ1n) is 10.3. The number of nitrogens with one attached hydrogen (secondary N) is 1. The number of amides is 1. The molecule has 3 rings (SSSR count). The van der Waals surface area contributed by atoms with Gasteiger partial charge in [-0.15, -0.1) is 0 Å². The van der Waals surface area contributed by atoms with E-state index in [-0.39, 0.29) is 28.3 Å². The second-order valence-electron chi connectivity index (χ2n) is 7.88. The molecule has 9 heteroatoms. The number of nitrogens with zero attached hydrogens (tertiary/aromatic N) is 2. The summed E-state index contributed by atoms with van der Waals surface area (Å²) in [5.41, 5.74) is 1.20. The van der Waals surface area contributed by atoms with Crippen LogP contribution in [0, 0.1) is 5.92 Å². The van der Waals surface area contributed by atoms with E-state index in [0.29, 0.717) is 35.8 Å². The highest BCUT2D eigenvalue weighted by atomic mass is 32.2. The summed E-state index contributed by atoms with van der Waals surface area (Å²) < 4.78 is 26.6. The number of hydrogen-bond acceptors (Lipinski definition) is 6. The Bertz CT molecular complexity index is 1010. The van der Waals surface area contributed by atoms with Gasteiger partial charge < -0.3 is 5.32 Å². The smallest absolute Gasteiger partial charge is 0.244 e. The molecule has 0 unspecified atom stereocenters. The van der Waals surface area contributed by atoms with Crippen molar-refractivity contribution in [2.75, 3.05) is 24.2 Å². The van der Waals surface area contributed by atoms with E-state index in [1.807, 2.05) is 13.8 Å². The number of carbonyl (C=O) groups excluding carboxylic acids is 2. The van der Waals surface area contributed by atoms with Crippen LogP contribution < -0.4 is 5.32 Å². The van der Waals surface area contributed by atoms with Crippen LogP contribution >= 0.6 is 11.8 Å². The standard InChI is InChI=1S/C22H27N3O4S2/c1-16(2)13-21(27)24-18-7-5-17(6-8-18)20(26)15-30-22-10-9-19(14-23-22)31(28,29)25-11-3-4-12-25/h5-10,14,16H,3-4,11-13,15H2,1-2H3,(H,24,27). The minimum atomic E-state index is -3.48. The molecule has 1 aliphatic heterocycles. The number of sulfonamides is 1. The van der Waals surface area contributed by atoms with Crippen LogP contribution in [0.2, 0.25) is 0 Å². The maximum absolute atomic E-state index is 12.5. The molecule has 0 aliphatic carbocycles. The lowest BCUT2D eigenvalue weighted by Crippen LogP contribution is -2.27. The molecule has 2 heterocycles. The molecule has 1 saturated heterocycles. The van der Waals surface area contributed by atoms with Crippen LogP contribution in [-0.2, 0) is 14.8 Å². The van der Waals surface area contributed by atoms with E-state index in [0.717, 1.165) is 12.8 Å². The second kappa shape index (κ2) is 10.4. The maximum Gasteiger partial charge on any atom is 0.244 e. The predicted octanol–water partition coefficient (Wildman–Crippen LogP) is 3.83. The van der Waals surface area contributed by atoms with E-state index in [1.54, 1.807) is 36.4 Å². The Hall–Kier alpha value is -2.23. The summed E-state index contributed by atoms with van der Waals surface area (Å²) in [6.07, 6.45) is 3.57. The average molecular weight is 462 g/mol. The zero-order valence-electron chi connectivity index (χ0n) is 17.7. The molecule has 0 spiro atoms. The van der Waals surface area contributed by atoms with Crippen molar-refractivity contribution in [2.45, 2.75) is 43.0 Å². The van der Waals surface area contributed by atoms with Gasteiger partial charge in [0.25, 0.3) is 0 Å². The molecule has 0 bridgehead atoms. The monoisotopic (exact) mass is 461 g/mol. The first-order valence-corrected chi connectivity index (χ1v) is 12.7. The van der Waals surface area contributed by atoms with Crippen molar-refractivity contribution in [1.29, 1.82) is 0 Å². The van der Waals surface area contributed by atoms with Gasteiger partial charge in [-0.3, -0.25) is 9.59 Å². The van der Waals surface area contributed by atoms with Crippen molar-refractivity contribution < 1.29 is 18.0 Å². The Morgan fingerprint density at radius 3 is 2.35 bits per heavy atom. The number of rotatable bonds is 9. The van der Waals surface area contributed by atoms with Gasteiger partial charge in [0.15, 0.2) is 5.78 Å². The molecule has 1 amide bonds. The van der Waals surface area contributed by atoms with Gasteiger partial charge in [-0.1, -0.05) is 25.6 Å². The molecule has 1 fully saturated rings. The SMILES string of the molecule is CC(C)CC(=O)Nc1ccc(C(=O)CSc2ccc(S(=O)(=O)N3CCCC3)cn2)cc1. The zero-order chi connectivity index (χ0) is 22.4. The van der Waals surface area contributed by atoms with Crippen molar-refractivity contribution in [3.8, 4) is 0 Å². The lowest BCUT2D eigenvalue weighted by Gasteiger charge is -2.15. The van der Waals surface area contributed by atoms with Crippen molar-refractivity contribution in [3.63, 3.8) is 0 Å². The number of anilines is 1. The minimum absolute atomic E-state index is 0.0501. The summed E-state index contributed by atoms with van der Waals surface area (Å²) in [6.45, 7) is 5.06. The number of ketones is 1. The summed E-state index contributed by atoms with van der Waals surface area (Å²) in [4.78, 5) is 28.7. The number of carbonyl (C=O) groups is 2. The fourth-order valence-electron chi connectivity index (χ4n) is 3.23. The molecule has 0 radical (unpaired) electrons. The molecule has 7 nitrogen and oxygen atoms in total. The predicted molar refractivity (Wildman–Crippen MR) is 122 cm³/mol. The molecule has 1 aliphatic rings. The van der Waals surface area contributed by atoms with Gasteiger partial charge in [0.05, 0.1) is 10.8 Å². The van der Waals surface area contributed by atoms with Crippen molar-refractivity contribution in [1.82, 2.24) is 9.29 Å². The molecule has 2 aromatic rings. The number of thioether (sulfide) groups is 1. The lowest BCUT2D eigenvalue weighted by atomic mass is 10.1. The molecule has 31 heavy (non-hydrogen) atoms. The Balaban J connectivity index is 1.54. The first kappa shape index (κ1) is 23.4. The second-order valence-corrected chi connectivity index (χ2v) is 10.8. The van der Waals surface area contributed by atoms with Gasteiger partial charge in [-0.05, 0) is 55.2 Å². The summed E-state index contributed by atoms with van der Waals surface area (Å²) in [6, 6.07) is 9.98. The largest absolute Gasteiger partial charge is 0.326 e. The zero-order valence-corrected chi connectivity index (χ0v) is 19.3. The minimum Gasteiger partial charge on any atom is -0.326 e. The Morgan fingerprint density at radius 1 is 1.10 bits per heavy atom. The third kappa shape index (κ3) is 6.38. The molecule has 1 N–H and O–H groups in total. The summed E-state index contributed by atoms with van der Waals surface area (Å²) >= 11 is 1.26. The van der Waals surface area contributed by atoms with Gasteiger partial charge in [0, 0.05) is 37.0 Å². The Kier molecular flexibility index (Phi) is 7.85. The molecular formula is C22H27N3O4S2. The van der Waals surface area contributed by atoms with Crippen LogP contribution in [0.1, 0.15) is 43.5 Å². The number of hydrogen-bond donors (Lipinski definition) is 1. The van der Waals surface area contributed by atoms with Crippen LogP contribution in [0.5, 0.6) is 0 Å². The van der Waals surface area contributed by atoms with E-state index >= 15 is 0 Å². The Morgan fingerprint density at radius 2 is 1.77 bits per heavy atom. The highest BCUT2D eigenvalue weighted by molar-refractivity contribution is 7.99. The molecular weight excluding hydrogens is 434 g/mol. The third-order valence-electron chi connectivity index (χ3n) is 4.85. The van der Waals surface area contributed by atoms with Crippen molar-refractivity contribution in [3.05, 3.63) is 48.2 Å². The summed E-state index contributed by atoms with van der Waals surface area (Å²) in [5.74, 6) is 0.344. The number of Topliss-reactive ketones (excluding diaryl/α,β-unsaturated/α-hetero) is 1. The topological polar surface area (TPSA) is 96.4 Å². The fourth-order valence-corrected chi connectivity index (χ4v) is 5.43. The normalized spacial score (nSPS) is 14.7. The summed E-state index contributed by atoms with van der Waals surface area (Å²) in [7, 11) is -3.48. The van der Waals surface area contributed by atoms with E-state index in [2.05, 4.69) is 10.3 Å².